The molecule has 2 aromatic carbocycles. The lowest BCUT2D eigenvalue weighted by atomic mass is 10.1. The molecule has 8 heteroatoms. The number of carbonyl (C=O) groups is 2. The number of hydrogen-bond donors (Lipinski definition) is 3. The molecule has 5 nitrogen and oxygen atoms in total. The SMILES string of the molecule is Cc1ccc(NCC(=O)NNC(=O)c2ccc(C(F)(F)F)cc2)cc1. The van der Waals surface area contributed by atoms with Gasteiger partial charge in [0.2, 0.25) is 0 Å². The molecule has 0 heterocycles. The molecular weight excluding hydrogens is 335 g/mol. The molecule has 0 aliphatic carbocycles. The summed E-state index contributed by atoms with van der Waals surface area (Å²) >= 11 is 0. The van der Waals surface area contributed by atoms with E-state index in [0.29, 0.717) is 0 Å². The zero-order valence-corrected chi connectivity index (χ0v) is 13.3. The van der Waals surface area contributed by atoms with Gasteiger partial charge in [-0.25, -0.2) is 0 Å². The Labute approximate surface area is 142 Å². The molecule has 0 saturated heterocycles. The van der Waals surface area contributed by atoms with Crippen LogP contribution in [0.1, 0.15) is 21.5 Å². The van der Waals surface area contributed by atoms with Gasteiger partial charge in [-0.3, -0.25) is 20.4 Å². The fourth-order valence-electron chi connectivity index (χ4n) is 1.91. The number of hydrogen-bond acceptors (Lipinski definition) is 3. The average Bonchev–Trinajstić information content (AvgIpc) is 2.58. The summed E-state index contributed by atoms with van der Waals surface area (Å²) in [5.41, 5.74) is 5.30. The number of anilines is 1. The van der Waals surface area contributed by atoms with Crippen LogP contribution in [0, 0.1) is 6.92 Å². The summed E-state index contributed by atoms with van der Waals surface area (Å²) in [7, 11) is 0. The van der Waals surface area contributed by atoms with Crippen LogP contribution in [-0.4, -0.2) is 18.4 Å². The van der Waals surface area contributed by atoms with E-state index in [2.05, 4.69) is 16.2 Å². The molecule has 0 aromatic heterocycles. The first-order chi connectivity index (χ1) is 11.8. The number of carbonyl (C=O) groups excluding carboxylic acids is 2. The third-order valence-corrected chi connectivity index (χ3v) is 3.29. The molecule has 2 aromatic rings. The molecule has 132 valence electrons. The van der Waals surface area contributed by atoms with Crippen LogP contribution >= 0.6 is 0 Å². The topological polar surface area (TPSA) is 70.2 Å². The molecule has 0 aliphatic heterocycles. The van der Waals surface area contributed by atoms with E-state index in [1.54, 1.807) is 0 Å². The lowest BCUT2D eigenvalue weighted by molar-refractivity contribution is -0.137. The van der Waals surface area contributed by atoms with Crippen molar-refractivity contribution in [3.8, 4) is 0 Å². The summed E-state index contributed by atoms with van der Waals surface area (Å²) in [6, 6.07) is 11.1. The maximum Gasteiger partial charge on any atom is 0.416 e. The highest BCUT2D eigenvalue weighted by Crippen LogP contribution is 2.28. The Morgan fingerprint density at radius 1 is 0.920 bits per heavy atom. The molecule has 0 radical (unpaired) electrons. The van der Waals surface area contributed by atoms with Crippen molar-refractivity contribution in [2.75, 3.05) is 11.9 Å². The van der Waals surface area contributed by atoms with Gasteiger partial charge in [0.05, 0.1) is 12.1 Å². The molecule has 0 bridgehead atoms. The predicted octanol–water partition coefficient (Wildman–Crippen LogP) is 2.89. The van der Waals surface area contributed by atoms with E-state index >= 15 is 0 Å². The Balaban J connectivity index is 1.80. The lowest BCUT2D eigenvalue weighted by Crippen LogP contribution is -2.44. The molecule has 0 spiro atoms. The summed E-state index contributed by atoms with van der Waals surface area (Å²) in [4.78, 5) is 23.5. The van der Waals surface area contributed by atoms with Crippen LogP contribution in [-0.2, 0) is 11.0 Å². The maximum atomic E-state index is 12.5. The minimum absolute atomic E-state index is 0.000191. The highest BCUT2D eigenvalue weighted by atomic mass is 19.4. The number of rotatable bonds is 4. The first-order valence-corrected chi connectivity index (χ1v) is 7.33. The highest BCUT2D eigenvalue weighted by molar-refractivity contribution is 5.95. The van der Waals surface area contributed by atoms with E-state index in [0.717, 1.165) is 35.5 Å². The van der Waals surface area contributed by atoms with Crippen molar-refractivity contribution < 1.29 is 22.8 Å². The Bertz CT molecular complexity index is 741. The number of benzene rings is 2. The van der Waals surface area contributed by atoms with Gasteiger partial charge >= 0.3 is 6.18 Å². The Morgan fingerprint density at radius 2 is 1.52 bits per heavy atom. The third kappa shape index (κ3) is 5.52. The van der Waals surface area contributed by atoms with Crippen LogP contribution in [0.5, 0.6) is 0 Å². The van der Waals surface area contributed by atoms with E-state index in [1.165, 1.54) is 0 Å². The lowest BCUT2D eigenvalue weighted by Gasteiger charge is -2.10. The summed E-state index contributed by atoms with van der Waals surface area (Å²) in [6.45, 7) is 1.86. The van der Waals surface area contributed by atoms with E-state index in [-0.39, 0.29) is 12.1 Å². The number of hydrazine groups is 1. The molecule has 0 fully saturated rings. The Kier molecular flexibility index (Phi) is 5.63. The largest absolute Gasteiger partial charge is 0.416 e. The maximum absolute atomic E-state index is 12.5. The number of halogens is 3. The van der Waals surface area contributed by atoms with E-state index < -0.39 is 23.6 Å². The number of alkyl halides is 3. The predicted molar refractivity (Wildman–Crippen MR) is 86.7 cm³/mol. The first-order valence-electron chi connectivity index (χ1n) is 7.33. The van der Waals surface area contributed by atoms with E-state index in [1.807, 2.05) is 31.2 Å². The zero-order chi connectivity index (χ0) is 18.4. The minimum Gasteiger partial charge on any atom is -0.376 e. The van der Waals surface area contributed by atoms with Crippen LogP contribution in [0.3, 0.4) is 0 Å². The Morgan fingerprint density at radius 3 is 2.08 bits per heavy atom. The van der Waals surface area contributed by atoms with Gasteiger partial charge in [-0.15, -0.1) is 0 Å². The number of amides is 2. The van der Waals surface area contributed by atoms with Gasteiger partial charge < -0.3 is 5.32 Å². The van der Waals surface area contributed by atoms with Crippen molar-refractivity contribution in [2.24, 2.45) is 0 Å². The van der Waals surface area contributed by atoms with Crippen LogP contribution in [0.2, 0.25) is 0 Å². The van der Waals surface area contributed by atoms with Crippen LogP contribution < -0.4 is 16.2 Å². The average molecular weight is 351 g/mol. The zero-order valence-electron chi connectivity index (χ0n) is 13.3. The second-order valence-corrected chi connectivity index (χ2v) is 5.30. The molecule has 0 aliphatic rings. The minimum atomic E-state index is -4.47. The molecule has 3 N–H and O–H groups in total. The first kappa shape index (κ1) is 18.3. The number of aryl methyl sites for hydroxylation is 1. The molecule has 0 unspecified atom stereocenters. The van der Waals surface area contributed by atoms with Gasteiger partial charge in [0.15, 0.2) is 0 Å². The third-order valence-electron chi connectivity index (χ3n) is 3.29. The van der Waals surface area contributed by atoms with E-state index in [9.17, 15) is 22.8 Å². The summed E-state index contributed by atoms with van der Waals surface area (Å²) in [5.74, 6) is -1.21. The fourth-order valence-corrected chi connectivity index (χ4v) is 1.91. The van der Waals surface area contributed by atoms with Gasteiger partial charge in [0, 0.05) is 11.3 Å². The van der Waals surface area contributed by atoms with Crippen molar-refractivity contribution in [3.63, 3.8) is 0 Å². The van der Waals surface area contributed by atoms with Crippen molar-refractivity contribution in [2.45, 2.75) is 13.1 Å². The monoisotopic (exact) mass is 351 g/mol. The summed E-state index contributed by atoms with van der Waals surface area (Å²) < 4.78 is 37.4. The van der Waals surface area contributed by atoms with Crippen molar-refractivity contribution in [1.29, 1.82) is 0 Å². The van der Waals surface area contributed by atoms with E-state index in [4.69, 9.17) is 0 Å². The van der Waals surface area contributed by atoms with Crippen molar-refractivity contribution in [1.82, 2.24) is 10.9 Å². The second-order valence-electron chi connectivity index (χ2n) is 5.30. The van der Waals surface area contributed by atoms with Gasteiger partial charge in [-0.2, -0.15) is 13.2 Å². The number of nitrogens with one attached hydrogen (secondary N) is 3. The molecule has 2 amide bonds. The molecule has 0 saturated carbocycles. The van der Waals surface area contributed by atoms with Crippen molar-refractivity contribution >= 4 is 17.5 Å². The fraction of sp³-hybridized carbons (Fsp3) is 0.176. The van der Waals surface area contributed by atoms with Gasteiger partial charge in [0.1, 0.15) is 0 Å². The highest BCUT2D eigenvalue weighted by Gasteiger charge is 2.30. The van der Waals surface area contributed by atoms with Crippen LogP contribution in [0.15, 0.2) is 48.5 Å². The Hall–Kier alpha value is -3.03. The molecular formula is C17H16F3N3O2. The van der Waals surface area contributed by atoms with Crippen LogP contribution in [0.4, 0.5) is 18.9 Å². The standard InChI is InChI=1S/C17H16F3N3O2/c1-11-2-8-14(9-3-11)21-10-15(24)22-23-16(25)12-4-6-13(7-5-12)17(18,19)20/h2-9,21H,10H2,1H3,(H,22,24)(H,23,25). The van der Waals surface area contributed by atoms with Gasteiger partial charge in [0.25, 0.3) is 11.8 Å². The normalized spacial score (nSPS) is 10.9. The second kappa shape index (κ2) is 7.69. The quantitative estimate of drug-likeness (QED) is 0.742. The smallest absolute Gasteiger partial charge is 0.376 e. The van der Waals surface area contributed by atoms with Crippen LogP contribution in [0.25, 0.3) is 0 Å². The van der Waals surface area contributed by atoms with Gasteiger partial charge in [-0.05, 0) is 43.3 Å². The summed E-state index contributed by atoms with van der Waals surface area (Å²) in [5, 5.41) is 2.87. The molecule has 0 atom stereocenters. The molecule has 25 heavy (non-hydrogen) atoms. The van der Waals surface area contributed by atoms with Crippen molar-refractivity contribution in [3.05, 3.63) is 65.2 Å². The van der Waals surface area contributed by atoms with Gasteiger partial charge in [-0.1, -0.05) is 17.7 Å². The summed E-state index contributed by atoms with van der Waals surface area (Å²) in [6.07, 6.45) is -4.47. The molecule has 2 rings (SSSR count).